The molecule has 42 heavy (non-hydrogen) atoms. The Morgan fingerprint density at radius 1 is 1.24 bits per heavy atom. The minimum atomic E-state index is -4.77. The van der Waals surface area contributed by atoms with Crippen LogP contribution in [-0.4, -0.2) is 58.9 Å². The molecule has 0 aromatic carbocycles. The highest BCUT2D eigenvalue weighted by atomic mass is 32.2. The van der Waals surface area contributed by atoms with E-state index in [1.165, 1.54) is 18.5 Å². The van der Waals surface area contributed by atoms with E-state index in [1.807, 2.05) is 0 Å². The molecule has 0 bridgehead atoms. The van der Waals surface area contributed by atoms with Crippen molar-refractivity contribution in [1.82, 2.24) is 29.5 Å². The second kappa shape index (κ2) is 11.7. The zero-order valence-corrected chi connectivity index (χ0v) is 24.7. The average molecular weight is 604 g/mol. The van der Waals surface area contributed by atoms with Crippen molar-refractivity contribution in [3.05, 3.63) is 56.5 Å². The molecule has 224 valence electrons. The molecule has 2 N–H and O–H groups in total. The molecule has 0 radical (unpaired) electrons. The first-order valence-corrected chi connectivity index (χ1v) is 15.0. The van der Waals surface area contributed by atoms with Crippen molar-refractivity contribution in [2.24, 2.45) is 4.99 Å². The number of alkyl halides is 3. The van der Waals surface area contributed by atoms with Gasteiger partial charge in [-0.3, -0.25) is 14.4 Å². The van der Waals surface area contributed by atoms with E-state index in [9.17, 15) is 22.2 Å². The number of hydrogen-bond donors (Lipinski definition) is 2. The van der Waals surface area contributed by atoms with Gasteiger partial charge in [0.1, 0.15) is 17.9 Å². The summed E-state index contributed by atoms with van der Waals surface area (Å²) < 4.78 is 62.9. The molecular formula is C27H32F3N9O2S. The Hall–Kier alpha value is -4.01. The molecule has 0 aliphatic heterocycles. The molecule has 1 aliphatic carbocycles. The molecule has 0 saturated heterocycles. The highest BCUT2D eigenvalue weighted by Gasteiger charge is 2.40. The van der Waals surface area contributed by atoms with Crippen LogP contribution < -0.4 is 10.9 Å². The topological polar surface area (TPSA) is 152 Å². The molecule has 11 nitrogen and oxygen atoms in total. The van der Waals surface area contributed by atoms with Crippen LogP contribution in [0.1, 0.15) is 62.7 Å². The fraction of sp³-hybridized carbons (Fsp3) is 0.444. The van der Waals surface area contributed by atoms with Crippen LogP contribution in [0.25, 0.3) is 22.6 Å². The molecule has 4 rings (SSSR count). The number of nitrogens with one attached hydrogen (secondary N) is 2. The van der Waals surface area contributed by atoms with Crippen LogP contribution in [0.4, 0.5) is 19.0 Å². The lowest BCUT2D eigenvalue weighted by Gasteiger charge is -2.22. The predicted molar refractivity (Wildman–Crippen MR) is 156 cm³/mol. The second-order valence-corrected chi connectivity index (χ2v) is 12.6. The maximum Gasteiger partial charge on any atom is 0.409 e. The summed E-state index contributed by atoms with van der Waals surface area (Å²) in [4.78, 5) is 39.7. The highest BCUT2D eigenvalue weighted by Crippen LogP contribution is 2.43. The summed E-state index contributed by atoms with van der Waals surface area (Å²) in [5.41, 5.74) is 1.13. The van der Waals surface area contributed by atoms with Crippen LogP contribution in [0.15, 0.2) is 38.9 Å². The van der Waals surface area contributed by atoms with Gasteiger partial charge in [-0.05, 0) is 59.4 Å². The van der Waals surface area contributed by atoms with E-state index >= 15 is 0 Å². The van der Waals surface area contributed by atoms with E-state index in [-0.39, 0.29) is 52.4 Å². The lowest BCUT2D eigenvalue weighted by Crippen LogP contribution is -2.35. The summed E-state index contributed by atoms with van der Waals surface area (Å²) in [6, 6.07) is -2.23. The van der Waals surface area contributed by atoms with Crippen molar-refractivity contribution >= 4 is 33.4 Å². The Labute approximate surface area is 241 Å². The second-order valence-electron chi connectivity index (χ2n) is 10.1. The Bertz CT molecular complexity index is 1780. The number of halogens is 3. The predicted octanol–water partition coefficient (Wildman–Crippen LogP) is 5.23. The standard InChI is InChI=1S/C27H32F3N9O2S/c1-7-42(31,41)14(2)8-11-19(32-6)12-33-24-26(40)39(17(5)27(28,29)30)25-21(37-24)16(4)36-23(38-25)20-15(3)34-13-35-22(20)18-9-10-18/h8,11,13,17-18,31H,6-7,9-10,12H2,1-5H3,(H,33,37)/b14-8+,19-11-/t17-,42?/m0/s1. The number of hydrogen-bond acceptors (Lipinski definition) is 10. The molecular weight excluding hydrogens is 571 g/mol. The molecule has 3 aromatic heterocycles. The molecule has 0 spiro atoms. The van der Waals surface area contributed by atoms with Gasteiger partial charge in [-0.15, -0.1) is 0 Å². The first kappa shape index (κ1) is 30.9. The Kier molecular flexibility index (Phi) is 8.62. The van der Waals surface area contributed by atoms with Crippen LogP contribution >= 0.6 is 0 Å². The van der Waals surface area contributed by atoms with Crippen LogP contribution in [0.3, 0.4) is 0 Å². The minimum Gasteiger partial charge on any atom is -0.360 e. The number of fused-ring (bicyclic) bond motifs is 1. The van der Waals surface area contributed by atoms with Crippen LogP contribution in [0.2, 0.25) is 0 Å². The van der Waals surface area contributed by atoms with E-state index in [0.29, 0.717) is 20.7 Å². The quantitative estimate of drug-likeness (QED) is 0.236. The molecule has 1 unspecified atom stereocenters. The van der Waals surface area contributed by atoms with Gasteiger partial charge in [0.2, 0.25) is 0 Å². The van der Waals surface area contributed by atoms with Gasteiger partial charge in [-0.1, -0.05) is 6.92 Å². The van der Waals surface area contributed by atoms with Crippen LogP contribution in [-0.2, 0) is 9.73 Å². The van der Waals surface area contributed by atoms with Crippen molar-refractivity contribution in [3.8, 4) is 11.4 Å². The smallest absolute Gasteiger partial charge is 0.360 e. The Morgan fingerprint density at radius 3 is 2.52 bits per heavy atom. The molecule has 1 aliphatic rings. The maximum atomic E-state index is 14.1. The minimum absolute atomic E-state index is 0.0177. The van der Waals surface area contributed by atoms with Crippen molar-refractivity contribution < 1.29 is 17.4 Å². The Morgan fingerprint density at radius 2 is 1.93 bits per heavy atom. The third-order valence-electron chi connectivity index (χ3n) is 7.11. The summed E-state index contributed by atoms with van der Waals surface area (Å²) in [6.07, 6.45) is 1.46. The lowest BCUT2D eigenvalue weighted by atomic mass is 10.1. The average Bonchev–Trinajstić information content (AvgIpc) is 3.78. The van der Waals surface area contributed by atoms with Gasteiger partial charge in [0.15, 0.2) is 17.3 Å². The molecule has 0 amide bonds. The Balaban J connectivity index is 1.85. The molecule has 1 fully saturated rings. The zero-order valence-electron chi connectivity index (χ0n) is 23.9. The number of aromatic nitrogens is 6. The van der Waals surface area contributed by atoms with E-state index in [4.69, 9.17) is 4.78 Å². The van der Waals surface area contributed by atoms with Crippen molar-refractivity contribution in [2.45, 2.75) is 65.6 Å². The summed E-state index contributed by atoms with van der Waals surface area (Å²) >= 11 is 0. The van der Waals surface area contributed by atoms with E-state index < -0.39 is 27.5 Å². The largest absolute Gasteiger partial charge is 0.409 e. The van der Waals surface area contributed by atoms with E-state index in [1.54, 1.807) is 27.7 Å². The summed E-state index contributed by atoms with van der Waals surface area (Å²) in [6.45, 7) is 10.8. The third kappa shape index (κ3) is 6.25. The lowest BCUT2D eigenvalue weighted by molar-refractivity contribution is -0.162. The van der Waals surface area contributed by atoms with Gasteiger partial charge in [0, 0.05) is 16.6 Å². The number of nitrogens with zero attached hydrogens (tertiary/aromatic N) is 7. The van der Waals surface area contributed by atoms with Crippen LogP contribution in [0.5, 0.6) is 0 Å². The third-order valence-corrected chi connectivity index (χ3v) is 9.09. The fourth-order valence-corrected chi connectivity index (χ4v) is 5.02. The van der Waals surface area contributed by atoms with Gasteiger partial charge < -0.3 is 5.32 Å². The zero-order chi connectivity index (χ0) is 31.0. The molecule has 3 heterocycles. The van der Waals surface area contributed by atoms with Gasteiger partial charge >= 0.3 is 6.18 Å². The van der Waals surface area contributed by atoms with Gasteiger partial charge in [0.05, 0.1) is 44.6 Å². The van der Waals surface area contributed by atoms with E-state index in [2.05, 4.69) is 41.9 Å². The number of aryl methyl sites for hydroxylation is 2. The fourth-order valence-electron chi connectivity index (χ4n) is 4.28. The maximum absolute atomic E-state index is 14.1. The molecule has 1 saturated carbocycles. The summed E-state index contributed by atoms with van der Waals surface area (Å²) in [5.74, 6) is 0.101. The first-order valence-electron chi connectivity index (χ1n) is 13.2. The SMILES string of the molecule is C=N/C(=C\C=C(/C)S(=N)(=O)CC)CNc1nc2c(C)nc(-c3c(C)ncnc3C3CC3)nc2n([C@@H](C)C(F)(F)F)c1=O. The van der Waals surface area contributed by atoms with Crippen molar-refractivity contribution in [1.29, 1.82) is 4.78 Å². The van der Waals surface area contributed by atoms with E-state index in [0.717, 1.165) is 25.5 Å². The molecule has 15 heteroatoms. The highest BCUT2D eigenvalue weighted by molar-refractivity contribution is 7.96. The number of rotatable bonds is 10. The van der Waals surface area contributed by atoms with Gasteiger partial charge in [-0.25, -0.2) is 33.9 Å². The van der Waals surface area contributed by atoms with Crippen molar-refractivity contribution in [2.75, 3.05) is 17.6 Å². The number of anilines is 1. The molecule has 3 aromatic rings. The van der Waals surface area contributed by atoms with Gasteiger partial charge in [-0.2, -0.15) is 13.2 Å². The normalized spacial score (nSPS) is 16.8. The number of aliphatic imine (C=N–C) groups is 1. The monoisotopic (exact) mass is 603 g/mol. The first-order chi connectivity index (χ1) is 19.7. The van der Waals surface area contributed by atoms with Crippen molar-refractivity contribution in [3.63, 3.8) is 0 Å². The van der Waals surface area contributed by atoms with Gasteiger partial charge in [0.25, 0.3) is 5.56 Å². The van der Waals surface area contributed by atoms with Crippen LogP contribution in [0, 0.1) is 18.6 Å². The summed E-state index contributed by atoms with van der Waals surface area (Å²) in [5, 5.41) is 2.76. The number of allylic oxidation sites excluding steroid dienone is 3. The summed E-state index contributed by atoms with van der Waals surface area (Å²) in [7, 11) is -2.92. The molecule has 2 atom stereocenters.